The van der Waals surface area contributed by atoms with Crippen molar-refractivity contribution < 1.29 is 14.3 Å². The molecule has 7 heteroatoms. The van der Waals surface area contributed by atoms with Crippen LogP contribution in [0.3, 0.4) is 0 Å². The van der Waals surface area contributed by atoms with E-state index in [1.165, 1.54) is 0 Å². The molecule has 1 aromatic heterocycles. The Morgan fingerprint density at radius 1 is 0.941 bits per heavy atom. The topological polar surface area (TPSA) is 68.6 Å². The van der Waals surface area contributed by atoms with Gasteiger partial charge in [0, 0.05) is 24.0 Å². The monoisotopic (exact) mass is 456 g/mol. The second-order valence-corrected chi connectivity index (χ2v) is 8.09. The maximum atomic E-state index is 13.5. The van der Waals surface area contributed by atoms with Crippen molar-refractivity contribution >= 4 is 11.6 Å². The van der Waals surface area contributed by atoms with Gasteiger partial charge in [-0.15, -0.1) is 0 Å². The van der Waals surface area contributed by atoms with Crippen molar-refractivity contribution in [3.05, 3.63) is 90.3 Å². The lowest BCUT2D eigenvalue weighted by molar-refractivity contribution is 0.102. The van der Waals surface area contributed by atoms with Gasteiger partial charge >= 0.3 is 0 Å². The van der Waals surface area contributed by atoms with Gasteiger partial charge in [0.1, 0.15) is 0 Å². The fourth-order valence-electron chi connectivity index (χ4n) is 3.77. The third-order valence-electron chi connectivity index (χ3n) is 5.40. The smallest absolute Gasteiger partial charge is 0.276 e. The van der Waals surface area contributed by atoms with Crippen LogP contribution in [0.25, 0.3) is 16.8 Å². The standard InChI is InChI=1S/C27H28N4O3/c1-30(2)17-20-10-8-9-13-23(20)28-27(32)26-22(18-31(29-26)21-11-6-5-7-12-21)19-14-15-24(33-3)25(16-19)34-4/h5-16,18H,17H2,1-4H3,(H,28,32). The quantitative estimate of drug-likeness (QED) is 0.410. The number of ether oxygens (including phenoxy) is 2. The molecule has 174 valence electrons. The summed E-state index contributed by atoms with van der Waals surface area (Å²) in [6.45, 7) is 0.706. The van der Waals surface area contributed by atoms with Gasteiger partial charge in [0.05, 0.1) is 19.9 Å². The van der Waals surface area contributed by atoms with E-state index in [1.54, 1.807) is 18.9 Å². The van der Waals surface area contributed by atoms with Crippen LogP contribution in [-0.4, -0.2) is 48.9 Å². The van der Waals surface area contributed by atoms with Crippen LogP contribution in [0, 0.1) is 0 Å². The van der Waals surface area contributed by atoms with Crippen LogP contribution in [0.15, 0.2) is 79.0 Å². The Hall–Kier alpha value is -4.10. The summed E-state index contributed by atoms with van der Waals surface area (Å²) in [7, 11) is 7.17. The highest BCUT2D eigenvalue weighted by atomic mass is 16.5. The lowest BCUT2D eigenvalue weighted by Crippen LogP contribution is -2.17. The summed E-state index contributed by atoms with van der Waals surface area (Å²) in [4.78, 5) is 15.6. The molecule has 0 bridgehead atoms. The van der Waals surface area contributed by atoms with E-state index in [9.17, 15) is 4.79 Å². The highest BCUT2D eigenvalue weighted by molar-refractivity contribution is 6.07. The number of aromatic nitrogens is 2. The summed E-state index contributed by atoms with van der Waals surface area (Å²) in [6, 6.07) is 23.0. The van der Waals surface area contributed by atoms with Gasteiger partial charge in [-0.25, -0.2) is 4.68 Å². The number of rotatable bonds is 8. The first-order chi connectivity index (χ1) is 16.5. The molecule has 0 aliphatic carbocycles. The molecule has 0 spiro atoms. The summed E-state index contributed by atoms with van der Waals surface area (Å²) >= 11 is 0. The molecule has 34 heavy (non-hydrogen) atoms. The Balaban J connectivity index is 1.77. The number of carbonyl (C=O) groups is 1. The van der Waals surface area contributed by atoms with E-state index in [4.69, 9.17) is 9.47 Å². The highest BCUT2D eigenvalue weighted by Crippen LogP contribution is 2.34. The van der Waals surface area contributed by atoms with Gasteiger partial charge < -0.3 is 19.7 Å². The molecule has 7 nitrogen and oxygen atoms in total. The van der Waals surface area contributed by atoms with Gasteiger partial charge in [0.2, 0.25) is 0 Å². The third kappa shape index (κ3) is 4.94. The molecule has 0 fully saturated rings. The number of methoxy groups -OCH3 is 2. The number of nitrogens with zero attached hydrogens (tertiary/aromatic N) is 3. The van der Waals surface area contributed by atoms with E-state index in [2.05, 4.69) is 15.3 Å². The minimum absolute atomic E-state index is 0.286. The van der Waals surface area contributed by atoms with Gasteiger partial charge in [-0.2, -0.15) is 5.10 Å². The summed E-state index contributed by atoms with van der Waals surface area (Å²) in [5, 5.41) is 7.72. The lowest BCUT2D eigenvalue weighted by atomic mass is 10.0. The summed E-state index contributed by atoms with van der Waals surface area (Å²) < 4.78 is 12.6. The minimum atomic E-state index is -0.286. The second-order valence-electron chi connectivity index (χ2n) is 8.09. The Morgan fingerprint density at radius 2 is 1.65 bits per heavy atom. The highest BCUT2D eigenvalue weighted by Gasteiger charge is 2.21. The van der Waals surface area contributed by atoms with Crippen LogP contribution in [0.1, 0.15) is 16.1 Å². The van der Waals surface area contributed by atoms with E-state index >= 15 is 0 Å². The zero-order valence-electron chi connectivity index (χ0n) is 19.8. The van der Waals surface area contributed by atoms with Crippen molar-refractivity contribution in [2.24, 2.45) is 0 Å². The number of para-hydroxylation sites is 2. The van der Waals surface area contributed by atoms with E-state index in [0.717, 1.165) is 22.5 Å². The van der Waals surface area contributed by atoms with E-state index in [1.807, 2.05) is 93.1 Å². The first-order valence-electron chi connectivity index (χ1n) is 10.9. The van der Waals surface area contributed by atoms with Crippen LogP contribution in [0.2, 0.25) is 0 Å². The zero-order chi connectivity index (χ0) is 24.1. The van der Waals surface area contributed by atoms with Gasteiger partial charge in [-0.1, -0.05) is 42.5 Å². The number of hydrogen-bond donors (Lipinski definition) is 1. The second kappa shape index (κ2) is 10.2. The number of hydrogen-bond acceptors (Lipinski definition) is 5. The van der Waals surface area contributed by atoms with E-state index in [0.29, 0.717) is 29.3 Å². The molecule has 1 amide bonds. The summed E-state index contributed by atoms with van der Waals surface area (Å²) in [5.41, 5.74) is 4.44. The first kappa shape index (κ1) is 23.1. The van der Waals surface area contributed by atoms with Crippen molar-refractivity contribution in [3.63, 3.8) is 0 Å². The molecule has 1 N–H and O–H groups in total. The van der Waals surface area contributed by atoms with Crippen molar-refractivity contribution in [2.45, 2.75) is 6.54 Å². The molecule has 0 unspecified atom stereocenters. The van der Waals surface area contributed by atoms with E-state index in [-0.39, 0.29) is 5.91 Å². The number of carbonyl (C=O) groups excluding carboxylic acids is 1. The van der Waals surface area contributed by atoms with Crippen LogP contribution < -0.4 is 14.8 Å². The predicted molar refractivity (Wildman–Crippen MR) is 134 cm³/mol. The van der Waals surface area contributed by atoms with Crippen molar-refractivity contribution in [3.8, 4) is 28.3 Å². The number of nitrogens with one attached hydrogen (secondary N) is 1. The molecule has 4 aromatic rings. The molecular weight excluding hydrogens is 428 g/mol. The van der Waals surface area contributed by atoms with Crippen LogP contribution in [-0.2, 0) is 6.54 Å². The van der Waals surface area contributed by atoms with Crippen molar-refractivity contribution in [1.82, 2.24) is 14.7 Å². The molecule has 0 saturated carbocycles. The van der Waals surface area contributed by atoms with Crippen molar-refractivity contribution in [2.75, 3.05) is 33.6 Å². The fraction of sp³-hybridized carbons (Fsp3) is 0.185. The molecule has 0 saturated heterocycles. The van der Waals surface area contributed by atoms with Gasteiger partial charge in [-0.05, 0) is 55.6 Å². The fourth-order valence-corrected chi connectivity index (χ4v) is 3.77. The van der Waals surface area contributed by atoms with Gasteiger partial charge in [0.25, 0.3) is 5.91 Å². The zero-order valence-corrected chi connectivity index (χ0v) is 19.8. The van der Waals surface area contributed by atoms with Crippen LogP contribution in [0.4, 0.5) is 5.69 Å². The maximum Gasteiger partial charge on any atom is 0.276 e. The number of amides is 1. The number of benzene rings is 3. The Labute approximate surface area is 199 Å². The molecule has 3 aromatic carbocycles. The lowest BCUT2D eigenvalue weighted by Gasteiger charge is -2.15. The third-order valence-corrected chi connectivity index (χ3v) is 5.40. The summed E-state index contributed by atoms with van der Waals surface area (Å²) in [5.74, 6) is 0.908. The molecule has 0 atom stereocenters. The normalized spacial score (nSPS) is 10.9. The average Bonchev–Trinajstić information content (AvgIpc) is 3.31. The average molecular weight is 457 g/mol. The first-order valence-corrected chi connectivity index (χ1v) is 10.9. The Bertz CT molecular complexity index is 1280. The largest absolute Gasteiger partial charge is 0.493 e. The summed E-state index contributed by atoms with van der Waals surface area (Å²) in [6.07, 6.45) is 1.86. The molecule has 0 aliphatic rings. The maximum absolute atomic E-state index is 13.5. The Kier molecular flexibility index (Phi) is 6.94. The van der Waals surface area contributed by atoms with Crippen LogP contribution in [0.5, 0.6) is 11.5 Å². The van der Waals surface area contributed by atoms with Crippen molar-refractivity contribution in [1.29, 1.82) is 0 Å². The molecule has 0 radical (unpaired) electrons. The molecular formula is C27H28N4O3. The van der Waals surface area contributed by atoms with Crippen LogP contribution >= 0.6 is 0 Å². The number of anilines is 1. The SMILES string of the molecule is COc1ccc(-c2cn(-c3ccccc3)nc2C(=O)Nc2ccccc2CN(C)C)cc1OC. The van der Waals surface area contributed by atoms with E-state index < -0.39 is 0 Å². The predicted octanol–water partition coefficient (Wildman–Crippen LogP) is 4.87. The van der Waals surface area contributed by atoms with Gasteiger partial charge in [-0.3, -0.25) is 4.79 Å². The molecule has 1 heterocycles. The van der Waals surface area contributed by atoms with Gasteiger partial charge in [0.15, 0.2) is 17.2 Å². The Morgan fingerprint density at radius 3 is 2.35 bits per heavy atom. The molecule has 4 rings (SSSR count). The molecule has 0 aliphatic heterocycles. The minimum Gasteiger partial charge on any atom is -0.493 e.